The van der Waals surface area contributed by atoms with Crippen LogP contribution in [0.3, 0.4) is 0 Å². The molecule has 0 bridgehead atoms. The number of nitrogens with one attached hydrogen (secondary N) is 2. The molecule has 3 rings (SSSR count). The van der Waals surface area contributed by atoms with Gasteiger partial charge in [0.15, 0.2) is 0 Å². The maximum atomic E-state index is 4.07. The largest absolute Gasteiger partial charge is 0.378 e. The third-order valence-electron chi connectivity index (χ3n) is 3.06. The summed E-state index contributed by atoms with van der Waals surface area (Å²) in [6.07, 6.45) is 5.47. The van der Waals surface area contributed by atoms with Crippen molar-refractivity contribution >= 4 is 16.6 Å². The van der Waals surface area contributed by atoms with Gasteiger partial charge in [0.25, 0.3) is 0 Å². The topological polar surface area (TPSA) is 53.6 Å². The normalized spacial score (nSPS) is 12.5. The highest BCUT2D eigenvalue weighted by atomic mass is 15.1. The predicted octanol–water partition coefficient (Wildman–Crippen LogP) is 3.13. The summed E-state index contributed by atoms with van der Waals surface area (Å²) in [7, 11) is 0. The average molecular weight is 238 g/mol. The van der Waals surface area contributed by atoms with E-state index in [0.29, 0.717) is 0 Å². The molecule has 0 aliphatic heterocycles. The molecule has 3 aromatic rings. The van der Waals surface area contributed by atoms with E-state index < -0.39 is 0 Å². The number of anilines is 1. The van der Waals surface area contributed by atoms with Gasteiger partial charge >= 0.3 is 0 Å². The van der Waals surface area contributed by atoms with Crippen molar-refractivity contribution in [2.45, 2.75) is 13.0 Å². The fraction of sp³-hybridized carbons (Fsp3) is 0.143. The monoisotopic (exact) mass is 238 g/mol. The molecule has 1 atom stereocenters. The Morgan fingerprint density at radius 3 is 2.83 bits per heavy atom. The number of rotatable bonds is 3. The minimum absolute atomic E-state index is 0.230. The first-order chi connectivity index (χ1) is 8.84. The molecule has 0 spiro atoms. The SMILES string of the molecule is CC(Nc1cccc2[nH]ncc12)c1ccncc1. The molecular formula is C14H14N4. The zero-order chi connectivity index (χ0) is 12.4. The Kier molecular flexibility index (Phi) is 2.68. The van der Waals surface area contributed by atoms with Crippen LogP contribution in [0.4, 0.5) is 5.69 Å². The molecule has 0 aliphatic rings. The van der Waals surface area contributed by atoms with Crippen LogP contribution in [-0.4, -0.2) is 15.2 Å². The Morgan fingerprint density at radius 1 is 1.17 bits per heavy atom. The fourth-order valence-corrected chi connectivity index (χ4v) is 2.06. The van der Waals surface area contributed by atoms with Gasteiger partial charge in [-0.05, 0) is 36.8 Å². The molecule has 2 heterocycles. The molecule has 0 radical (unpaired) electrons. The summed E-state index contributed by atoms with van der Waals surface area (Å²) < 4.78 is 0. The number of nitrogens with zero attached hydrogens (tertiary/aromatic N) is 2. The summed E-state index contributed by atoms with van der Waals surface area (Å²) in [5.74, 6) is 0. The van der Waals surface area contributed by atoms with Crippen LogP contribution in [0.5, 0.6) is 0 Å². The number of fused-ring (bicyclic) bond motifs is 1. The molecule has 0 amide bonds. The van der Waals surface area contributed by atoms with E-state index in [-0.39, 0.29) is 6.04 Å². The van der Waals surface area contributed by atoms with E-state index in [9.17, 15) is 0 Å². The number of pyridine rings is 1. The zero-order valence-corrected chi connectivity index (χ0v) is 10.1. The van der Waals surface area contributed by atoms with Gasteiger partial charge in [-0.1, -0.05) is 6.07 Å². The van der Waals surface area contributed by atoms with Crippen molar-refractivity contribution < 1.29 is 0 Å². The van der Waals surface area contributed by atoms with Gasteiger partial charge in [0, 0.05) is 29.5 Å². The molecule has 2 aromatic heterocycles. The number of benzene rings is 1. The molecule has 0 aliphatic carbocycles. The number of hydrogen-bond donors (Lipinski definition) is 2. The maximum absolute atomic E-state index is 4.07. The second-order valence-electron chi connectivity index (χ2n) is 4.28. The van der Waals surface area contributed by atoms with Crippen molar-refractivity contribution in [3.63, 3.8) is 0 Å². The third kappa shape index (κ3) is 1.93. The highest BCUT2D eigenvalue weighted by Crippen LogP contribution is 2.25. The van der Waals surface area contributed by atoms with Crippen LogP contribution >= 0.6 is 0 Å². The van der Waals surface area contributed by atoms with Crippen molar-refractivity contribution in [2.75, 3.05) is 5.32 Å². The second kappa shape index (κ2) is 4.49. The molecule has 1 aromatic carbocycles. The van der Waals surface area contributed by atoms with Crippen molar-refractivity contribution in [3.8, 4) is 0 Å². The lowest BCUT2D eigenvalue weighted by Gasteiger charge is -2.16. The second-order valence-corrected chi connectivity index (χ2v) is 4.28. The van der Waals surface area contributed by atoms with E-state index in [4.69, 9.17) is 0 Å². The van der Waals surface area contributed by atoms with E-state index in [1.807, 2.05) is 42.9 Å². The molecule has 4 nitrogen and oxygen atoms in total. The number of aromatic nitrogens is 3. The van der Waals surface area contributed by atoms with Crippen LogP contribution < -0.4 is 5.32 Å². The van der Waals surface area contributed by atoms with Crippen molar-refractivity contribution in [1.82, 2.24) is 15.2 Å². The fourth-order valence-electron chi connectivity index (χ4n) is 2.06. The van der Waals surface area contributed by atoms with Gasteiger partial charge in [-0.15, -0.1) is 0 Å². The Hall–Kier alpha value is -2.36. The maximum Gasteiger partial charge on any atom is 0.0671 e. The number of H-pyrrole nitrogens is 1. The van der Waals surface area contributed by atoms with Gasteiger partial charge in [-0.2, -0.15) is 5.10 Å². The Balaban J connectivity index is 1.91. The molecule has 0 fully saturated rings. The summed E-state index contributed by atoms with van der Waals surface area (Å²) in [6.45, 7) is 2.13. The summed E-state index contributed by atoms with van der Waals surface area (Å²) in [5.41, 5.74) is 3.35. The first-order valence-corrected chi connectivity index (χ1v) is 5.93. The summed E-state index contributed by atoms with van der Waals surface area (Å²) in [4.78, 5) is 4.03. The summed E-state index contributed by atoms with van der Waals surface area (Å²) in [5, 5.41) is 11.6. The molecule has 0 saturated carbocycles. The Morgan fingerprint density at radius 2 is 2.00 bits per heavy atom. The van der Waals surface area contributed by atoms with E-state index in [2.05, 4.69) is 33.5 Å². The quantitative estimate of drug-likeness (QED) is 0.737. The lowest BCUT2D eigenvalue weighted by Crippen LogP contribution is -2.06. The Labute approximate surface area is 105 Å². The minimum Gasteiger partial charge on any atom is -0.378 e. The highest BCUT2D eigenvalue weighted by Gasteiger charge is 2.07. The van der Waals surface area contributed by atoms with E-state index in [1.54, 1.807) is 0 Å². The molecule has 2 N–H and O–H groups in total. The number of aromatic amines is 1. The molecule has 4 heteroatoms. The van der Waals surface area contributed by atoms with Crippen molar-refractivity contribution in [1.29, 1.82) is 0 Å². The third-order valence-corrected chi connectivity index (χ3v) is 3.06. The average Bonchev–Trinajstić information content (AvgIpc) is 2.89. The van der Waals surface area contributed by atoms with E-state index in [1.165, 1.54) is 5.56 Å². The molecular weight excluding hydrogens is 224 g/mol. The molecule has 90 valence electrons. The van der Waals surface area contributed by atoms with Gasteiger partial charge in [0.05, 0.1) is 11.7 Å². The summed E-state index contributed by atoms with van der Waals surface area (Å²) >= 11 is 0. The van der Waals surface area contributed by atoms with Crippen LogP contribution in [0.15, 0.2) is 48.9 Å². The van der Waals surface area contributed by atoms with E-state index in [0.717, 1.165) is 16.6 Å². The lowest BCUT2D eigenvalue weighted by molar-refractivity contribution is 0.883. The van der Waals surface area contributed by atoms with Gasteiger partial charge in [0.1, 0.15) is 0 Å². The molecule has 18 heavy (non-hydrogen) atoms. The summed E-state index contributed by atoms with van der Waals surface area (Å²) in [6, 6.07) is 10.4. The van der Waals surface area contributed by atoms with Gasteiger partial charge < -0.3 is 5.32 Å². The predicted molar refractivity (Wildman–Crippen MR) is 72.4 cm³/mol. The van der Waals surface area contributed by atoms with Crippen LogP contribution in [0.25, 0.3) is 10.9 Å². The highest BCUT2D eigenvalue weighted by molar-refractivity contribution is 5.90. The zero-order valence-electron chi connectivity index (χ0n) is 10.1. The standard InChI is InChI=1S/C14H14N4/c1-10(11-5-7-15-8-6-11)17-13-3-2-4-14-12(13)9-16-18-14/h2-10,17H,1H3,(H,16,18). The van der Waals surface area contributed by atoms with Crippen LogP contribution in [0.2, 0.25) is 0 Å². The lowest BCUT2D eigenvalue weighted by atomic mass is 10.1. The smallest absolute Gasteiger partial charge is 0.0671 e. The van der Waals surface area contributed by atoms with Crippen LogP contribution in [0.1, 0.15) is 18.5 Å². The van der Waals surface area contributed by atoms with Crippen molar-refractivity contribution in [2.24, 2.45) is 0 Å². The Bertz CT molecular complexity index is 645. The van der Waals surface area contributed by atoms with E-state index >= 15 is 0 Å². The van der Waals surface area contributed by atoms with Crippen molar-refractivity contribution in [3.05, 3.63) is 54.5 Å². The minimum atomic E-state index is 0.230. The molecule has 0 saturated heterocycles. The molecule has 1 unspecified atom stereocenters. The number of hydrogen-bond acceptors (Lipinski definition) is 3. The van der Waals surface area contributed by atoms with Gasteiger partial charge in [0.2, 0.25) is 0 Å². The van der Waals surface area contributed by atoms with Crippen LogP contribution in [0, 0.1) is 0 Å². The first-order valence-electron chi connectivity index (χ1n) is 5.93. The first kappa shape index (κ1) is 10.8. The van der Waals surface area contributed by atoms with Gasteiger partial charge in [-0.25, -0.2) is 0 Å². The van der Waals surface area contributed by atoms with Crippen LogP contribution in [-0.2, 0) is 0 Å². The van der Waals surface area contributed by atoms with Gasteiger partial charge in [-0.3, -0.25) is 10.1 Å².